The van der Waals surface area contributed by atoms with Crippen LogP contribution in [0.4, 0.5) is 15.8 Å². The number of rotatable bonds is 4. The molecule has 2 aromatic carbocycles. The van der Waals surface area contributed by atoms with Gasteiger partial charge in [0.15, 0.2) is 0 Å². The quantitative estimate of drug-likeness (QED) is 0.564. The molecular formula is C17H16BrFN3O+. The summed E-state index contributed by atoms with van der Waals surface area (Å²) in [6, 6.07) is 9.38. The molecule has 0 saturated heterocycles. The Morgan fingerprint density at radius 3 is 2.70 bits per heavy atom. The molecule has 0 aromatic heterocycles. The molecule has 0 atom stereocenters. The summed E-state index contributed by atoms with van der Waals surface area (Å²) < 4.78 is 14.0. The lowest BCUT2D eigenvalue weighted by atomic mass is 10.00. The zero-order valence-electron chi connectivity index (χ0n) is 12.3. The van der Waals surface area contributed by atoms with E-state index in [2.05, 4.69) is 21.2 Å². The van der Waals surface area contributed by atoms with Gasteiger partial charge >= 0.3 is 0 Å². The molecule has 1 fully saturated rings. The molecule has 0 spiro atoms. The summed E-state index contributed by atoms with van der Waals surface area (Å²) in [6.07, 6.45) is 1.84. The standard InChI is InChI=1S/C17H15BrFN3O/c18-15-13(22-17(23)9-4-5-9)7-6-12(20)14(15)16(21)10-2-1-3-11(19)8-10/h1-3,6-9,21H,4-5,20H2,(H,22,23)/p+1. The van der Waals surface area contributed by atoms with Gasteiger partial charge < -0.3 is 11.1 Å². The number of carbonyl (C=O) groups is 1. The number of amides is 1. The number of anilines is 2. The Balaban J connectivity index is 1.97. The molecule has 4 nitrogen and oxygen atoms in total. The number of nitrogens with one attached hydrogen (secondary N) is 1. The highest BCUT2D eigenvalue weighted by Crippen LogP contribution is 2.35. The summed E-state index contributed by atoms with van der Waals surface area (Å²) in [5.41, 5.74) is 8.50. The predicted molar refractivity (Wildman–Crippen MR) is 91.4 cm³/mol. The minimum Gasteiger partial charge on any atom is -0.398 e. The van der Waals surface area contributed by atoms with Crippen LogP contribution in [0.2, 0.25) is 0 Å². The Kier molecular flexibility index (Phi) is 4.17. The van der Waals surface area contributed by atoms with Crippen molar-refractivity contribution in [3.8, 4) is 0 Å². The first-order valence-electron chi connectivity index (χ1n) is 7.25. The van der Waals surface area contributed by atoms with E-state index in [-0.39, 0.29) is 17.6 Å². The molecule has 0 aliphatic heterocycles. The first kappa shape index (κ1) is 15.7. The Bertz CT molecular complexity index is 802. The molecule has 1 saturated carbocycles. The van der Waals surface area contributed by atoms with Crippen LogP contribution in [0.1, 0.15) is 24.0 Å². The van der Waals surface area contributed by atoms with Crippen LogP contribution < -0.4 is 16.5 Å². The summed E-state index contributed by atoms with van der Waals surface area (Å²) in [4.78, 5) is 12.0. The van der Waals surface area contributed by atoms with Gasteiger partial charge in [-0.1, -0.05) is 6.07 Å². The maximum atomic E-state index is 13.4. The van der Waals surface area contributed by atoms with Crippen LogP contribution in [0.3, 0.4) is 0 Å². The van der Waals surface area contributed by atoms with Crippen molar-refractivity contribution in [3.63, 3.8) is 0 Å². The third-order valence-corrected chi connectivity index (χ3v) is 4.61. The van der Waals surface area contributed by atoms with Crippen LogP contribution in [0, 0.1) is 11.7 Å². The zero-order chi connectivity index (χ0) is 16.6. The SMILES string of the molecule is Nc1ccc(NC(=O)C2CC2)c(Br)c1C(=[NH2+])c1cccc(F)c1. The van der Waals surface area contributed by atoms with E-state index in [0.717, 1.165) is 12.8 Å². The van der Waals surface area contributed by atoms with Crippen LogP contribution in [-0.4, -0.2) is 11.6 Å². The van der Waals surface area contributed by atoms with Gasteiger partial charge in [0.1, 0.15) is 5.82 Å². The van der Waals surface area contributed by atoms with Gasteiger partial charge in [-0.2, -0.15) is 0 Å². The van der Waals surface area contributed by atoms with Gasteiger partial charge in [0, 0.05) is 17.2 Å². The highest BCUT2D eigenvalue weighted by molar-refractivity contribution is 9.10. The number of benzene rings is 2. The molecule has 1 aliphatic carbocycles. The minimum absolute atomic E-state index is 0.00857. The number of hydrogen-bond acceptors (Lipinski definition) is 2. The molecule has 5 N–H and O–H groups in total. The Morgan fingerprint density at radius 2 is 2.04 bits per heavy atom. The molecule has 0 bridgehead atoms. The fourth-order valence-corrected chi connectivity index (χ4v) is 3.02. The van der Waals surface area contributed by atoms with Gasteiger partial charge in [-0.25, -0.2) is 4.39 Å². The van der Waals surface area contributed by atoms with Crippen molar-refractivity contribution in [1.82, 2.24) is 0 Å². The second kappa shape index (κ2) is 6.12. The van der Waals surface area contributed by atoms with E-state index in [1.54, 1.807) is 24.3 Å². The van der Waals surface area contributed by atoms with Gasteiger partial charge in [0.25, 0.3) is 0 Å². The normalized spacial score (nSPS) is 13.7. The van der Waals surface area contributed by atoms with E-state index in [9.17, 15) is 9.18 Å². The van der Waals surface area contributed by atoms with Crippen LogP contribution in [0.5, 0.6) is 0 Å². The van der Waals surface area contributed by atoms with Gasteiger partial charge in [0.2, 0.25) is 11.6 Å². The second-order valence-corrected chi connectivity index (χ2v) is 6.37. The predicted octanol–water partition coefficient (Wildman–Crippen LogP) is 2.12. The number of carbonyl (C=O) groups excluding carboxylic acids is 1. The first-order valence-corrected chi connectivity index (χ1v) is 8.04. The molecule has 0 unspecified atom stereocenters. The van der Waals surface area contributed by atoms with Crippen molar-refractivity contribution in [2.75, 3.05) is 11.1 Å². The summed E-state index contributed by atoms with van der Waals surface area (Å²) in [5.74, 6) is -0.295. The molecule has 0 heterocycles. The van der Waals surface area contributed by atoms with Crippen molar-refractivity contribution in [3.05, 3.63) is 57.8 Å². The average Bonchev–Trinajstić information content (AvgIpc) is 3.35. The Labute approximate surface area is 141 Å². The maximum absolute atomic E-state index is 13.4. The molecular weight excluding hydrogens is 361 g/mol. The van der Waals surface area contributed by atoms with Crippen LogP contribution in [0.25, 0.3) is 0 Å². The zero-order valence-corrected chi connectivity index (χ0v) is 13.9. The molecule has 1 aliphatic rings. The third kappa shape index (κ3) is 3.27. The number of nitrogens with two attached hydrogens (primary N) is 2. The molecule has 1 amide bonds. The van der Waals surface area contributed by atoms with E-state index < -0.39 is 0 Å². The molecule has 23 heavy (non-hydrogen) atoms. The lowest BCUT2D eigenvalue weighted by molar-refractivity contribution is -0.117. The highest BCUT2D eigenvalue weighted by Gasteiger charge is 2.30. The van der Waals surface area contributed by atoms with Crippen LogP contribution in [0.15, 0.2) is 40.9 Å². The summed E-state index contributed by atoms with van der Waals surface area (Å²) in [7, 11) is 0. The van der Waals surface area contributed by atoms with Crippen molar-refractivity contribution in [1.29, 1.82) is 0 Å². The average molecular weight is 377 g/mol. The van der Waals surface area contributed by atoms with Crippen LogP contribution >= 0.6 is 15.9 Å². The smallest absolute Gasteiger partial charge is 0.227 e. The fourth-order valence-electron chi connectivity index (χ4n) is 2.34. The van der Waals surface area contributed by atoms with E-state index in [0.29, 0.717) is 32.7 Å². The topological polar surface area (TPSA) is 80.7 Å². The number of hydrogen-bond donors (Lipinski definition) is 3. The molecule has 6 heteroatoms. The van der Waals surface area contributed by atoms with Gasteiger partial charge in [-0.3, -0.25) is 10.2 Å². The van der Waals surface area contributed by atoms with Gasteiger partial charge in [-0.05, 0) is 59.1 Å². The molecule has 2 aromatic rings. The Morgan fingerprint density at radius 1 is 1.30 bits per heavy atom. The molecule has 0 radical (unpaired) electrons. The van der Waals surface area contributed by atoms with Crippen molar-refractivity contribution in [2.45, 2.75) is 12.8 Å². The van der Waals surface area contributed by atoms with Crippen LogP contribution in [-0.2, 0) is 4.79 Å². The lowest BCUT2D eigenvalue weighted by Gasteiger charge is -2.12. The second-order valence-electron chi connectivity index (χ2n) is 5.58. The molecule has 3 rings (SSSR count). The monoisotopic (exact) mass is 376 g/mol. The van der Waals surface area contributed by atoms with Gasteiger partial charge in [0.05, 0.1) is 15.7 Å². The highest BCUT2D eigenvalue weighted by atomic mass is 79.9. The maximum Gasteiger partial charge on any atom is 0.227 e. The minimum atomic E-state index is -0.377. The van der Waals surface area contributed by atoms with Gasteiger partial charge in [-0.15, -0.1) is 0 Å². The lowest BCUT2D eigenvalue weighted by Crippen LogP contribution is -2.41. The van der Waals surface area contributed by atoms with Crippen molar-refractivity contribution in [2.24, 2.45) is 5.92 Å². The van der Waals surface area contributed by atoms with E-state index in [1.807, 2.05) is 0 Å². The van der Waals surface area contributed by atoms with E-state index in [1.165, 1.54) is 12.1 Å². The molecule has 118 valence electrons. The summed E-state index contributed by atoms with van der Waals surface area (Å²) in [6.45, 7) is 0. The van der Waals surface area contributed by atoms with E-state index in [4.69, 9.17) is 11.1 Å². The Hall–Kier alpha value is -2.21. The number of halogens is 2. The van der Waals surface area contributed by atoms with Crippen molar-refractivity contribution >= 4 is 38.9 Å². The fraction of sp³-hybridized carbons (Fsp3) is 0.176. The summed E-state index contributed by atoms with van der Waals surface area (Å²) in [5, 5.41) is 9.06. The summed E-state index contributed by atoms with van der Waals surface area (Å²) >= 11 is 3.46. The number of nitrogen functional groups attached to an aromatic ring is 1. The largest absolute Gasteiger partial charge is 0.398 e. The third-order valence-electron chi connectivity index (χ3n) is 3.79. The van der Waals surface area contributed by atoms with Crippen molar-refractivity contribution < 1.29 is 14.6 Å². The first-order chi connectivity index (χ1) is 11.0. The van der Waals surface area contributed by atoms with E-state index >= 15 is 0 Å².